The normalized spacial score (nSPS) is 10.3. The molecule has 0 saturated carbocycles. The van der Waals surface area contributed by atoms with Crippen molar-refractivity contribution < 1.29 is 19.5 Å². The number of amides is 1. The summed E-state index contributed by atoms with van der Waals surface area (Å²) in [5.41, 5.74) is 0. The number of aliphatic carboxylic acids is 1. The van der Waals surface area contributed by atoms with Crippen LogP contribution in [-0.4, -0.2) is 28.8 Å². The van der Waals surface area contributed by atoms with Gasteiger partial charge in [0.1, 0.15) is 6.54 Å². The number of hydrogen-bond acceptors (Lipinski definition) is 3. The first-order chi connectivity index (χ1) is 15.4. The van der Waals surface area contributed by atoms with Gasteiger partial charge in [-0.3, -0.25) is 14.4 Å². The molecule has 0 aliphatic rings. The van der Waals surface area contributed by atoms with Crippen molar-refractivity contribution in [2.24, 2.45) is 0 Å². The summed E-state index contributed by atoms with van der Waals surface area (Å²) < 4.78 is 0. The van der Waals surface area contributed by atoms with E-state index >= 15 is 0 Å². The van der Waals surface area contributed by atoms with Crippen molar-refractivity contribution in [1.29, 1.82) is 0 Å². The predicted molar refractivity (Wildman–Crippen MR) is 135 cm³/mol. The maximum atomic E-state index is 11.2. The van der Waals surface area contributed by atoms with E-state index in [2.05, 4.69) is 19.2 Å². The van der Waals surface area contributed by atoms with Gasteiger partial charge in [0.25, 0.3) is 0 Å². The number of carboxylic acid groups (broad SMARTS) is 1. The standard InChI is InChI=1S/C14H27NO3.C12H23ClO/c1-2-3-4-5-6-7-8-9-10-11-13(16)15-12-14(17)18;1-2-3-4-5-6-7-8-9-10-11-12(13)14/h2-12H2,1H3,(H,15,16)(H,17,18);2-11H2,1H3. The molecule has 0 spiro atoms. The molecule has 0 aliphatic heterocycles. The average molecular weight is 476 g/mol. The maximum Gasteiger partial charge on any atom is 0.322 e. The van der Waals surface area contributed by atoms with Gasteiger partial charge in [-0.05, 0) is 24.4 Å². The van der Waals surface area contributed by atoms with Crippen LogP contribution in [0.4, 0.5) is 0 Å². The molecule has 0 aromatic carbocycles. The summed E-state index contributed by atoms with van der Waals surface area (Å²) in [5.74, 6) is -1.14. The molecule has 0 radical (unpaired) electrons. The Bertz CT molecular complexity index is 444. The molecule has 190 valence electrons. The number of carbonyl (C=O) groups is 3. The van der Waals surface area contributed by atoms with E-state index in [1.807, 2.05) is 0 Å². The van der Waals surface area contributed by atoms with Crippen LogP contribution in [0.2, 0.25) is 0 Å². The third kappa shape index (κ3) is 33.5. The van der Waals surface area contributed by atoms with E-state index < -0.39 is 5.97 Å². The monoisotopic (exact) mass is 475 g/mol. The number of hydrogen-bond donors (Lipinski definition) is 2. The second-order valence-electron chi connectivity index (χ2n) is 8.68. The smallest absolute Gasteiger partial charge is 0.322 e. The largest absolute Gasteiger partial charge is 0.480 e. The Morgan fingerprint density at radius 3 is 1.28 bits per heavy atom. The van der Waals surface area contributed by atoms with Gasteiger partial charge in [0.15, 0.2) is 0 Å². The van der Waals surface area contributed by atoms with Gasteiger partial charge in [-0.2, -0.15) is 0 Å². The van der Waals surface area contributed by atoms with Gasteiger partial charge in [-0.1, -0.05) is 117 Å². The van der Waals surface area contributed by atoms with Crippen LogP contribution < -0.4 is 5.32 Å². The van der Waals surface area contributed by atoms with Crippen LogP contribution in [0.3, 0.4) is 0 Å². The third-order valence-electron chi connectivity index (χ3n) is 5.42. The highest BCUT2D eigenvalue weighted by atomic mass is 35.5. The van der Waals surface area contributed by atoms with Crippen molar-refractivity contribution in [3.05, 3.63) is 0 Å². The first kappa shape index (κ1) is 33.1. The summed E-state index contributed by atoms with van der Waals surface area (Å²) in [4.78, 5) is 31.8. The molecule has 0 aromatic heterocycles. The van der Waals surface area contributed by atoms with E-state index in [1.165, 1.54) is 89.9 Å². The second kappa shape index (κ2) is 27.9. The SMILES string of the molecule is CCCCCCCCCCCC(=O)Cl.CCCCCCCCCCCC(=O)NCC(=O)O. The molecular formula is C26H50ClNO4. The molecule has 0 bridgehead atoms. The Morgan fingerprint density at radius 1 is 0.594 bits per heavy atom. The number of carboxylic acids is 1. The Kier molecular flexibility index (Phi) is 28.9. The topological polar surface area (TPSA) is 83.5 Å². The van der Waals surface area contributed by atoms with Gasteiger partial charge >= 0.3 is 5.97 Å². The lowest BCUT2D eigenvalue weighted by Crippen LogP contribution is -2.28. The number of unbranched alkanes of at least 4 members (excludes halogenated alkanes) is 16. The molecule has 32 heavy (non-hydrogen) atoms. The Morgan fingerprint density at radius 2 is 0.938 bits per heavy atom. The van der Waals surface area contributed by atoms with Gasteiger partial charge in [-0.15, -0.1) is 0 Å². The molecule has 0 aliphatic carbocycles. The highest BCUT2D eigenvalue weighted by Crippen LogP contribution is 2.11. The summed E-state index contributed by atoms with van der Waals surface area (Å²) in [5, 5.41) is 10.6. The van der Waals surface area contributed by atoms with Crippen LogP contribution in [0.5, 0.6) is 0 Å². The van der Waals surface area contributed by atoms with Crippen LogP contribution in [0.1, 0.15) is 142 Å². The lowest BCUT2D eigenvalue weighted by molar-refractivity contribution is -0.137. The van der Waals surface area contributed by atoms with E-state index in [-0.39, 0.29) is 17.7 Å². The van der Waals surface area contributed by atoms with Gasteiger partial charge in [0.2, 0.25) is 11.1 Å². The zero-order valence-corrected chi connectivity index (χ0v) is 21.7. The fourth-order valence-corrected chi connectivity index (χ4v) is 3.57. The van der Waals surface area contributed by atoms with Gasteiger partial charge in [0.05, 0.1) is 0 Å². The lowest BCUT2D eigenvalue weighted by Gasteiger charge is -2.03. The quantitative estimate of drug-likeness (QED) is 0.124. The van der Waals surface area contributed by atoms with E-state index in [1.54, 1.807) is 0 Å². The number of rotatable bonds is 22. The molecule has 0 aromatic rings. The molecule has 0 heterocycles. The van der Waals surface area contributed by atoms with Crippen LogP contribution in [0.25, 0.3) is 0 Å². The summed E-state index contributed by atoms with van der Waals surface area (Å²) in [6, 6.07) is 0. The molecule has 0 unspecified atom stereocenters. The Hall–Kier alpha value is -1.10. The summed E-state index contributed by atoms with van der Waals surface area (Å²) in [6.07, 6.45) is 23.5. The first-order valence-electron chi connectivity index (χ1n) is 13.1. The molecular weight excluding hydrogens is 426 g/mol. The van der Waals surface area contributed by atoms with Crippen molar-refractivity contribution in [1.82, 2.24) is 5.32 Å². The lowest BCUT2D eigenvalue weighted by atomic mass is 10.1. The predicted octanol–water partition coefficient (Wildman–Crippen LogP) is 7.78. The molecule has 2 N–H and O–H groups in total. The fraction of sp³-hybridized carbons (Fsp3) is 0.885. The molecule has 0 rings (SSSR count). The first-order valence-corrected chi connectivity index (χ1v) is 13.5. The summed E-state index contributed by atoms with van der Waals surface area (Å²) in [7, 11) is 0. The van der Waals surface area contributed by atoms with Crippen LogP contribution in [-0.2, 0) is 14.4 Å². The van der Waals surface area contributed by atoms with Gasteiger partial charge < -0.3 is 10.4 Å². The van der Waals surface area contributed by atoms with Crippen LogP contribution in [0, 0.1) is 0 Å². The maximum absolute atomic E-state index is 11.2. The number of halogens is 1. The van der Waals surface area contributed by atoms with Crippen molar-refractivity contribution in [3.8, 4) is 0 Å². The molecule has 0 atom stereocenters. The van der Waals surface area contributed by atoms with Crippen LogP contribution in [0.15, 0.2) is 0 Å². The fourth-order valence-electron chi connectivity index (χ4n) is 3.43. The van der Waals surface area contributed by atoms with Gasteiger partial charge in [-0.25, -0.2) is 0 Å². The minimum absolute atomic E-state index is 0.152. The molecule has 0 fully saturated rings. The van der Waals surface area contributed by atoms with Crippen molar-refractivity contribution in [2.75, 3.05) is 6.54 Å². The van der Waals surface area contributed by atoms with Crippen LogP contribution >= 0.6 is 11.6 Å². The zero-order valence-electron chi connectivity index (χ0n) is 20.9. The third-order valence-corrected chi connectivity index (χ3v) is 5.61. The minimum Gasteiger partial charge on any atom is -0.480 e. The average Bonchev–Trinajstić information content (AvgIpc) is 2.75. The van der Waals surface area contributed by atoms with E-state index in [4.69, 9.17) is 16.7 Å². The highest BCUT2D eigenvalue weighted by Gasteiger charge is 2.03. The van der Waals surface area contributed by atoms with Gasteiger partial charge in [0, 0.05) is 12.8 Å². The summed E-state index contributed by atoms with van der Waals surface area (Å²) >= 11 is 5.24. The Labute approximate surface area is 202 Å². The van der Waals surface area contributed by atoms with E-state index in [0.717, 1.165) is 25.7 Å². The van der Waals surface area contributed by atoms with Crippen molar-refractivity contribution in [3.63, 3.8) is 0 Å². The highest BCUT2D eigenvalue weighted by molar-refractivity contribution is 6.63. The number of nitrogens with one attached hydrogen (secondary N) is 1. The van der Waals surface area contributed by atoms with Crippen molar-refractivity contribution >= 4 is 28.7 Å². The molecule has 0 saturated heterocycles. The minimum atomic E-state index is -0.990. The molecule has 5 nitrogen and oxygen atoms in total. The summed E-state index contributed by atoms with van der Waals surface area (Å²) in [6.45, 7) is 4.19. The second-order valence-corrected chi connectivity index (χ2v) is 9.10. The number of carbonyl (C=O) groups excluding carboxylic acids is 2. The zero-order chi connectivity index (χ0) is 24.3. The van der Waals surface area contributed by atoms with Crippen molar-refractivity contribution in [2.45, 2.75) is 142 Å². The molecule has 6 heteroatoms. The van der Waals surface area contributed by atoms with E-state index in [9.17, 15) is 14.4 Å². The Balaban J connectivity index is 0. The van der Waals surface area contributed by atoms with E-state index in [0.29, 0.717) is 12.8 Å². The molecule has 1 amide bonds.